The van der Waals surface area contributed by atoms with E-state index in [-0.39, 0.29) is 0 Å². The van der Waals surface area contributed by atoms with Crippen LogP contribution in [-0.2, 0) is 19.4 Å². The number of benzene rings is 1. The maximum absolute atomic E-state index is 5.73. The van der Waals surface area contributed by atoms with E-state index in [0.29, 0.717) is 0 Å². The highest BCUT2D eigenvalue weighted by Crippen LogP contribution is 2.32. The first kappa shape index (κ1) is 13.2. The van der Waals surface area contributed by atoms with Crippen molar-refractivity contribution in [2.75, 3.05) is 13.2 Å². The zero-order chi connectivity index (χ0) is 13.1. The molecule has 0 saturated carbocycles. The first-order valence-electron chi connectivity index (χ1n) is 6.49. The molecule has 1 aliphatic heterocycles. The van der Waals surface area contributed by atoms with Crippen LogP contribution >= 0.6 is 27.3 Å². The molecule has 0 radical (unpaired) electrons. The molecule has 3 rings (SSSR count). The molecule has 0 saturated heterocycles. The van der Waals surface area contributed by atoms with Gasteiger partial charge in [0.2, 0.25) is 0 Å². The number of nitrogens with one attached hydrogen (secondary N) is 1. The topological polar surface area (TPSA) is 21.3 Å². The third kappa shape index (κ3) is 3.19. The summed E-state index contributed by atoms with van der Waals surface area (Å²) >= 11 is 5.33. The molecule has 1 N–H and O–H groups in total. The third-order valence-corrected chi connectivity index (χ3v) is 4.50. The first-order chi connectivity index (χ1) is 9.33. The highest BCUT2D eigenvalue weighted by atomic mass is 79.9. The molecule has 19 heavy (non-hydrogen) atoms. The summed E-state index contributed by atoms with van der Waals surface area (Å²) in [6.45, 7) is 2.68. The number of fused-ring (bicyclic) bond motifs is 1. The van der Waals surface area contributed by atoms with Crippen molar-refractivity contribution >= 4 is 27.3 Å². The number of rotatable bonds is 5. The van der Waals surface area contributed by atoms with Crippen LogP contribution in [0.4, 0.5) is 0 Å². The molecule has 2 aromatic rings. The van der Waals surface area contributed by atoms with Gasteiger partial charge in [0.05, 0.1) is 6.61 Å². The smallest absolute Gasteiger partial charge is 0.127 e. The standard InChI is InChI=1S/C15H16BrNOS/c16-14-7-12-2-5-18-15(12)13(8-14)9-17-4-1-11-3-6-19-10-11/h3,6-8,10,17H,1-2,4-5,9H2. The lowest BCUT2D eigenvalue weighted by molar-refractivity contribution is 0.352. The van der Waals surface area contributed by atoms with Crippen LogP contribution < -0.4 is 10.1 Å². The van der Waals surface area contributed by atoms with Crippen molar-refractivity contribution < 1.29 is 4.74 Å². The van der Waals surface area contributed by atoms with Crippen LogP contribution in [0.2, 0.25) is 0 Å². The minimum atomic E-state index is 0.813. The lowest BCUT2D eigenvalue weighted by Crippen LogP contribution is -2.17. The zero-order valence-corrected chi connectivity index (χ0v) is 13.0. The molecule has 1 aromatic heterocycles. The van der Waals surface area contributed by atoms with Crippen LogP contribution in [-0.4, -0.2) is 13.2 Å². The Morgan fingerprint density at radius 2 is 2.32 bits per heavy atom. The summed E-state index contributed by atoms with van der Waals surface area (Å²) in [5.74, 6) is 1.09. The van der Waals surface area contributed by atoms with Gasteiger partial charge in [-0.25, -0.2) is 0 Å². The Kier molecular flexibility index (Phi) is 4.21. The number of halogens is 1. The second-order valence-corrected chi connectivity index (χ2v) is 6.41. The molecule has 0 aliphatic carbocycles. The molecule has 2 nitrogen and oxygen atoms in total. The van der Waals surface area contributed by atoms with Gasteiger partial charge in [0.25, 0.3) is 0 Å². The van der Waals surface area contributed by atoms with Crippen LogP contribution in [0.3, 0.4) is 0 Å². The van der Waals surface area contributed by atoms with Crippen molar-refractivity contribution in [3.63, 3.8) is 0 Å². The van der Waals surface area contributed by atoms with Gasteiger partial charge >= 0.3 is 0 Å². The maximum atomic E-state index is 5.73. The van der Waals surface area contributed by atoms with E-state index in [0.717, 1.165) is 42.8 Å². The SMILES string of the molecule is Brc1cc2c(c(CNCCc3ccsc3)c1)OCC2. The number of hydrogen-bond donors (Lipinski definition) is 1. The first-order valence-corrected chi connectivity index (χ1v) is 8.22. The lowest BCUT2D eigenvalue weighted by Gasteiger charge is -2.10. The average molecular weight is 338 g/mol. The minimum absolute atomic E-state index is 0.813. The number of ether oxygens (including phenoxy) is 1. The normalized spacial score (nSPS) is 13.3. The largest absolute Gasteiger partial charge is 0.493 e. The van der Waals surface area contributed by atoms with Gasteiger partial charge in [-0.2, -0.15) is 11.3 Å². The molecule has 1 aliphatic rings. The van der Waals surface area contributed by atoms with Gasteiger partial charge in [-0.1, -0.05) is 15.9 Å². The Hall–Kier alpha value is -0.840. The molecule has 1 aromatic carbocycles. The molecule has 0 unspecified atom stereocenters. The summed E-state index contributed by atoms with van der Waals surface area (Å²) in [5.41, 5.74) is 3.99. The zero-order valence-electron chi connectivity index (χ0n) is 10.6. The van der Waals surface area contributed by atoms with E-state index in [1.165, 1.54) is 16.7 Å². The Labute approximate surface area is 125 Å². The van der Waals surface area contributed by atoms with Crippen LogP contribution in [0, 0.1) is 0 Å². The summed E-state index contributed by atoms with van der Waals surface area (Å²) in [6, 6.07) is 6.51. The van der Waals surface area contributed by atoms with E-state index in [2.05, 4.69) is 50.2 Å². The highest BCUT2D eigenvalue weighted by Gasteiger charge is 2.16. The summed E-state index contributed by atoms with van der Waals surface area (Å²) in [5, 5.41) is 7.84. The van der Waals surface area contributed by atoms with Crippen LogP contribution in [0.1, 0.15) is 16.7 Å². The van der Waals surface area contributed by atoms with Crippen molar-refractivity contribution in [1.82, 2.24) is 5.32 Å². The van der Waals surface area contributed by atoms with E-state index in [1.54, 1.807) is 11.3 Å². The fourth-order valence-corrected chi connectivity index (χ4v) is 3.62. The van der Waals surface area contributed by atoms with Gasteiger partial charge in [-0.15, -0.1) is 0 Å². The average Bonchev–Trinajstić information content (AvgIpc) is 3.04. The molecular formula is C15H16BrNOS. The molecule has 0 spiro atoms. The molecule has 0 amide bonds. The maximum Gasteiger partial charge on any atom is 0.127 e. The van der Waals surface area contributed by atoms with Crippen molar-refractivity contribution in [1.29, 1.82) is 0 Å². The van der Waals surface area contributed by atoms with Gasteiger partial charge in [0.1, 0.15) is 5.75 Å². The van der Waals surface area contributed by atoms with Gasteiger partial charge in [-0.05, 0) is 53.1 Å². The van der Waals surface area contributed by atoms with Crippen molar-refractivity contribution in [2.45, 2.75) is 19.4 Å². The number of hydrogen-bond acceptors (Lipinski definition) is 3. The molecule has 0 fully saturated rings. The van der Waals surface area contributed by atoms with E-state index in [4.69, 9.17) is 4.74 Å². The molecular weight excluding hydrogens is 322 g/mol. The minimum Gasteiger partial charge on any atom is -0.493 e. The monoisotopic (exact) mass is 337 g/mol. The van der Waals surface area contributed by atoms with E-state index < -0.39 is 0 Å². The Morgan fingerprint density at radius 1 is 1.37 bits per heavy atom. The molecule has 0 atom stereocenters. The van der Waals surface area contributed by atoms with Crippen LogP contribution in [0.15, 0.2) is 33.4 Å². The van der Waals surface area contributed by atoms with Crippen molar-refractivity contribution in [3.8, 4) is 5.75 Å². The molecule has 4 heteroatoms. The van der Waals surface area contributed by atoms with Crippen molar-refractivity contribution in [2.24, 2.45) is 0 Å². The Balaban J connectivity index is 1.58. The highest BCUT2D eigenvalue weighted by molar-refractivity contribution is 9.10. The molecule has 100 valence electrons. The van der Waals surface area contributed by atoms with Gasteiger partial charge < -0.3 is 10.1 Å². The fraction of sp³-hybridized carbons (Fsp3) is 0.333. The van der Waals surface area contributed by atoms with Crippen LogP contribution in [0.25, 0.3) is 0 Å². The van der Waals surface area contributed by atoms with E-state index >= 15 is 0 Å². The van der Waals surface area contributed by atoms with Crippen LogP contribution in [0.5, 0.6) is 5.75 Å². The number of thiophene rings is 1. The lowest BCUT2D eigenvalue weighted by atomic mass is 10.1. The summed E-state index contributed by atoms with van der Waals surface area (Å²) < 4.78 is 6.87. The fourth-order valence-electron chi connectivity index (χ4n) is 2.37. The molecule has 2 heterocycles. The second-order valence-electron chi connectivity index (χ2n) is 4.71. The van der Waals surface area contributed by atoms with Crippen molar-refractivity contribution in [3.05, 3.63) is 50.1 Å². The Bertz CT molecular complexity index is 554. The second kappa shape index (κ2) is 6.07. The third-order valence-electron chi connectivity index (χ3n) is 3.31. The Morgan fingerprint density at radius 3 is 3.16 bits per heavy atom. The van der Waals surface area contributed by atoms with Gasteiger partial charge in [0.15, 0.2) is 0 Å². The summed E-state index contributed by atoms with van der Waals surface area (Å²) in [4.78, 5) is 0. The van der Waals surface area contributed by atoms with Gasteiger partial charge in [-0.3, -0.25) is 0 Å². The van der Waals surface area contributed by atoms with E-state index in [9.17, 15) is 0 Å². The predicted molar refractivity (Wildman–Crippen MR) is 83.1 cm³/mol. The summed E-state index contributed by atoms with van der Waals surface area (Å²) in [6.07, 6.45) is 2.11. The van der Waals surface area contributed by atoms with E-state index in [1.807, 2.05) is 0 Å². The predicted octanol–water partition coefficient (Wildman–Crippen LogP) is 3.78. The summed E-state index contributed by atoms with van der Waals surface area (Å²) in [7, 11) is 0. The quantitative estimate of drug-likeness (QED) is 0.838. The molecule has 0 bridgehead atoms. The van der Waals surface area contributed by atoms with Gasteiger partial charge in [0, 0.05) is 23.0 Å².